The van der Waals surface area contributed by atoms with Crippen LogP contribution in [0.4, 0.5) is 4.39 Å². The summed E-state index contributed by atoms with van der Waals surface area (Å²) in [7, 11) is 0. The number of nitriles is 1. The van der Waals surface area contributed by atoms with Gasteiger partial charge in [0, 0.05) is 10.6 Å². The van der Waals surface area contributed by atoms with Crippen molar-refractivity contribution in [2.24, 2.45) is 0 Å². The molecule has 0 aliphatic carbocycles. The molecule has 0 saturated heterocycles. The highest BCUT2D eigenvalue weighted by molar-refractivity contribution is 6.37. The molecule has 28 heavy (non-hydrogen) atoms. The van der Waals surface area contributed by atoms with Gasteiger partial charge in [-0.1, -0.05) is 65.1 Å². The predicted octanol–water partition coefficient (Wildman–Crippen LogP) is 7.43. The Kier molecular flexibility index (Phi) is 6.59. The lowest BCUT2D eigenvalue weighted by molar-refractivity contribution is 0.306. The Morgan fingerprint density at radius 2 is 1.64 bits per heavy atom. The van der Waals surface area contributed by atoms with E-state index in [2.05, 4.69) is 0 Å². The number of nitrogens with zero attached hydrogens (tertiary/aromatic N) is 1. The number of rotatable bonds is 5. The van der Waals surface area contributed by atoms with E-state index >= 15 is 0 Å². The van der Waals surface area contributed by atoms with Crippen molar-refractivity contribution in [3.63, 3.8) is 0 Å². The average Bonchev–Trinajstić information content (AvgIpc) is 2.67. The van der Waals surface area contributed by atoms with E-state index in [4.69, 9.17) is 39.5 Å². The average molecular weight is 433 g/mol. The van der Waals surface area contributed by atoms with E-state index in [1.165, 1.54) is 18.2 Å². The van der Waals surface area contributed by atoms with E-state index < -0.39 is 5.82 Å². The van der Waals surface area contributed by atoms with Gasteiger partial charge in [-0.3, -0.25) is 0 Å². The lowest BCUT2D eigenvalue weighted by atomic mass is 10.0. The lowest BCUT2D eigenvalue weighted by Gasteiger charge is -2.11. The first kappa shape index (κ1) is 20.2. The smallest absolute Gasteiger partial charge is 0.157 e. The molecule has 0 unspecified atom stereocenters. The highest BCUT2D eigenvalue weighted by Gasteiger charge is 2.12. The molecule has 3 aromatic rings. The number of allylic oxidation sites excluding steroid dienone is 1. The van der Waals surface area contributed by atoms with Crippen LogP contribution in [0.25, 0.3) is 11.6 Å². The minimum atomic E-state index is -0.476. The Bertz CT molecular complexity index is 1050. The van der Waals surface area contributed by atoms with Crippen LogP contribution >= 0.6 is 34.8 Å². The molecule has 0 aliphatic heterocycles. The van der Waals surface area contributed by atoms with Gasteiger partial charge in [0.2, 0.25) is 0 Å². The van der Waals surface area contributed by atoms with Crippen LogP contribution in [0.5, 0.6) is 5.75 Å². The van der Waals surface area contributed by atoms with E-state index in [0.717, 1.165) is 5.56 Å². The van der Waals surface area contributed by atoms with Gasteiger partial charge in [0.15, 0.2) is 5.75 Å². The molecule has 0 amide bonds. The van der Waals surface area contributed by atoms with Crippen molar-refractivity contribution in [2.45, 2.75) is 6.61 Å². The van der Waals surface area contributed by atoms with Crippen LogP contribution in [0.15, 0.2) is 60.7 Å². The number of hydrogen-bond donors (Lipinski definition) is 0. The third kappa shape index (κ3) is 4.85. The Labute approximate surface area is 177 Å². The van der Waals surface area contributed by atoms with Crippen molar-refractivity contribution >= 4 is 46.5 Å². The van der Waals surface area contributed by atoms with Crippen LogP contribution in [0.1, 0.15) is 16.7 Å². The number of hydrogen-bond acceptors (Lipinski definition) is 2. The zero-order chi connectivity index (χ0) is 20.1. The topological polar surface area (TPSA) is 33.0 Å². The maximum atomic E-state index is 14.0. The fourth-order valence-corrected chi connectivity index (χ4v) is 3.29. The van der Waals surface area contributed by atoms with Crippen LogP contribution < -0.4 is 4.74 Å². The summed E-state index contributed by atoms with van der Waals surface area (Å²) in [5.74, 6) is -0.143. The van der Waals surface area contributed by atoms with Gasteiger partial charge in [-0.05, 0) is 47.5 Å². The molecule has 0 spiro atoms. The SMILES string of the molecule is N#C/C(=C/c1cc(Cl)c(OCc2ccc(Cl)cc2)c(Cl)c1)c1ccccc1F. The van der Waals surface area contributed by atoms with Crippen LogP contribution in [-0.2, 0) is 6.61 Å². The van der Waals surface area contributed by atoms with Crippen molar-refractivity contribution in [1.82, 2.24) is 0 Å². The van der Waals surface area contributed by atoms with E-state index in [-0.39, 0.29) is 17.7 Å². The normalized spacial score (nSPS) is 11.2. The summed E-state index contributed by atoms with van der Waals surface area (Å²) in [6.07, 6.45) is 1.53. The molecule has 0 heterocycles. The lowest BCUT2D eigenvalue weighted by Crippen LogP contribution is -1.97. The molecule has 3 aromatic carbocycles. The predicted molar refractivity (Wildman–Crippen MR) is 112 cm³/mol. The van der Waals surface area contributed by atoms with Crippen LogP contribution in [0.2, 0.25) is 15.1 Å². The van der Waals surface area contributed by atoms with E-state index in [1.54, 1.807) is 36.4 Å². The molecule has 0 bridgehead atoms. The maximum absolute atomic E-state index is 14.0. The van der Waals surface area contributed by atoms with E-state index in [1.807, 2.05) is 18.2 Å². The maximum Gasteiger partial charge on any atom is 0.157 e. The Hall–Kier alpha value is -2.51. The Morgan fingerprint density at radius 3 is 2.25 bits per heavy atom. The van der Waals surface area contributed by atoms with Gasteiger partial charge in [-0.2, -0.15) is 5.26 Å². The first-order valence-electron chi connectivity index (χ1n) is 8.21. The fraction of sp³-hybridized carbons (Fsp3) is 0.0455. The molecule has 0 atom stereocenters. The Morgan fingerprint density at radius 1 is 1.00 bits per heavy atom. The molecule has 3 rings (SSSR count). The second-order valence-corrected chi connectivity index (χ2v) is 7.13. The minimum Gasteiger partial charge on any atom is -0.486 e. The van der Waals surface area contributed by atoms with Crippen molar-refractivity contribution in [3.05, 3.63) is 98.2 Å². The van der Waals surface area contributed by atoms with E-state index in [0.29, 0.717) is 26.4 Å². The van der Waals surface area contributed by atoms with Gasteiger partial charge in [-0.15, -0.1) is 0 Å². The quantitative estimate of drug-likeness (QED) is 0.310. The molecule has 140 valence electrons. The summed E-state index contributed by atoms with van der Waals surface area (Å²) < 4.78 is 19.7. The van der Waals surface area contributed by atoms with Crippen molar-refractivity contribution in [3.8, 4) is 11.8 Å². The first-order chi connectivity index (χ1) is 13.5. The summed E-state index contributed by atoms with van der Waals surface area (Å²) >= 11 is 18.5. The van der Waals surface area contributed by atoms with Gasteiger partial charge >= 0.3 is 0 Å². The second kappa shape index (κ2) is 9.12. The Balaban J connectivity index is 1.86. The summed E-state index contributed by atoms with van der Waals surface area (Å²) in [6.45, 7) is 0.268. The summed E-state index contributed by atoms with van der Waals surface area (Å²) in [5.41, 5.74) is 1.85. The van der Waals surface area contributed by atoms with Gasteiger partial charge < -0.3 is 4.74 Å². The highest BCUT2D eigenvalue weighted by atomic mass is 35.5. The second-order valence-electron chi connectivity index (χ2n) is 5.88. The molecule has 2 nitrogen and oxygen atoms in total. The molecule has 0 fully saturated rings. The molecule has 6 heteroatoms. The van der Waals surface area contributed by atoms with Gasteiger partial charge in [0.05, 0.1) is 21.7 Å². The zero-order valence-corrected chi connectivity index (χ0v) is 16.7. The number of ether oxygens (including phenoxy) is 1. The fourth-order valence-electron chi connectivity index (χ4n) is 2.55. The summed E-state index contributed by atoms with van der Waals surface area (Å²) in [4.78, 5) is 0. The number of benzene rings is 3. The largest absolute Gasteiger partial charge is 0.486 e. The van der Waals surface area contributed by atoms with Crippen LogP contribution in [-0.4, -0.2) is 0 Å². The molecule has 0 saturated carbocycles. The molecule has 0 N–H and O–H groups in total. The summed E-state index contributed by atoms with van der Waals surface area (Å²) in [5, 5.41) is 10.6. The third-order valence-electron chi connectivity index (χ3n) is 3.91. The minimum absolute atomic E-state index is 0.167. The van der Waals surface area contributed by atoms with Crippen molar-refractivity contribution in [2.75, 3.05) is 0 Å². The highest BCUT2D eigenvalue weighted by Crippen LogP contribution is 2.36. The van der Waals surface area contributed by atoms with Crippen molar-refractivity contribution in [1.29, 1.82) is 5.26 Å². The molecule has 0 aromatic heterocycles. The van der Waals surface area contributed by atoms with Crippen molar-refractivity contribution < 1.29 is 9.13 Å². The standard InChI is InChI=1S/C22H13Cl3FNO/c23-17-7-5-14(6-8-17)13-28-22-19(24)10-15(11-20(22)25)9-16(12-27)18-3-1-2-4-21(18)26/h1-11H,13H2/b16-9-. The first-order valence-corrected chi connectivity index (χ1v) is 9.34. The number of halogens is 4. The molecular weight excluding hydrogens is 420 g/mol. The molecular formula is C22H13Cl3FNO. The third-order valence-corrected chi connectivity index (χ3v) is 4.73. The van der Waals surface area contributed by atoms with Crippen LogP contribution in [0.3, 0.4) is 0 Å². The van der Waals surface area contributed by atoms with Gasteiger partial charge in [-0.25, -0.2) is 4.39 Å². The molecule has 0 radical (unpaired) electrons. The van der Waals surface area contributed by atoms with Gasteiger partial charge in [0.1, 0.15) is 12.4 Å². The summed E-state index contributed by atoms with van der Waals surface area (Å²) in [6, 6.07) is 18.5. The molecule has 0 aliphatic rings. The monoisotopic (exact) mass is 431 g/mol. The van der Waals surface area contributed by atoms with Crippen LogP contribution in [0, 0.1) is 17.1 Å². The van der Waals surface area contributed by atoms with E-state index in [9.17, 15) is 9.65 Å². The van der Waals surface area contributed by atoms with Gasteiger partial charge in [0.25, 0.3) is 0 Å². The zero-order valence-electron chi connectivity index (χ0n) is 14.4.